The molecule has 226 valence electrons. The summed E-state index contributed by atoms with van der Waals surface area (Å²) in [6.07, 6.45) is 4.70. The first kappa shape index (κ1) is 29.1. The number of carbonyl (C=O) groups excluding carboxylic acids is 1. The van der Waals surface area contributed by atoms with Crippen molar-refractivity contribution in [3.8, 4) is 17.1 Å². The minimum absolute atomic E-state index is 0.0111. The number of ether oxygens (including phenoxy) is 1. The number of carboxylic acids is 1. The first-order valence-electron chi connectivity index (χ1n) is 14.7. The molecule has 2 heterocycles. The number of hydrogen-bond acceptors (Lipinski definition) is 7. The van der Waals surface area contributed by atoms with Gasteiger partial charge in [-0.2, -0.15) is 4.98 Å². The van der Waals surface area contributed by atoms with Crippen molar-refractivity contribution in [3.05, 3.63) is 64.7 Å². The Kier molecular flexibility index (Phi) is 7.19. The van der Waals surface area contributed by atoms with Crippen molar-refractivity contribution < 1.29 is 27.9 Å². The molecule has 1 aliphatic heterocycles. The number of aryl methyl sites for hydroxylation is 2. The molecule has 2 saturated carbocycles. The van der Waals surface area contributed by atoms with Crippen LogP contribution in [-0.2, 0) is 10.0 Å². The van der Waals surface area contributed by atoms with Crippen molar-refractivity contribution >= 4 is 27.8 Å². The standard InChI is InChI=1S/C32H36N4O6S/c1-18(2)13-22-17-42-28-26(30(38)39)27(25-19(3)7-5-8-20(25)4)33-31(34-28)35-43(40,41)24-10-6-9-21(14-24)29(37)36(22)23-15-32(16-23)11-12-32/h5-10,14,18,22-23H,11-13,15-17H2,1-4H3,(H,38,39)(H,33,34,35)/t22-/m1/s1. The summed E-state index contributed by atoms with van der Waals surface area (Å²) in [4.78, 5) is 37.4. The highest BCUT2D eigenvalue weighted by molar-refractivity contribution is 7.92. The van der Waals surface area contributed by atoms with E-state index in [4.69, 9.17) is 4.74 Å². The Morgan fingerprint density at radius 1 is 1.12 bits per heavy atom. The van der Waals surface area contributed by atoms with Crippen LogP contribution in [0.15, 0.2) is 47.4 Å². The molecule has 4 bridgehead atoms. The Morgan fingerprint density at radius 3 is 2.42 bits per heavy atom. The maximum atomic E-state index is 14.2. The summed E-state index contributed by atoms with van der Waals surface area (Å²) in [5.74, 6) is -1.94. The van der Waals surface area contributed by atoms with Crippen LogP contribution in [0.3, 0.4) is 0 Å². The van der Waals surface area contributed by atoms with Gasteiger partial charge in [0.2, 0.25) is 11.8 Å². The lowest BCUT2D eigenvalue weighted by atomic mass is 9.75. The van der Waals surface area contributed by atoms with E-state index in [-0.39, 0.29) is 58.0 Å². The molecule has 1 aromatic heterocycles. The maximum absolute atomic E-state index is 14.2. The predicted octanol–water partition coefficient (Wildman–Crippen LogP) is 5.45. The molecule has 1 atom stereocenters. The molecule has 1 spiro atoms. The summed E-state index contributed by atoms with van der Waals surface area (Å²) in [5, 5.41) is 10.4. The van der Waals surface area contributed by atoms with Crippen LogP contribution in [0.1, 0.15) is 77.8 Å². The van der Waals surface area contributed by atoms with Crippen LogP contribution in [0, 0.1) is 25.2 Å². The highest BCUT2D eigenvalue weighted by Gasteiger charge is 2.56. The number of hydrogen-bond donors (Lipinski definition) is 2. The van der Waals surface area contributed by atoms with Crippen molar-refractivity contribution in [2.75, 3.05) is 11.3 Å². The number of benzene rings is 2. The molecule has 10 nitrogen and oxygen atoms in total. The predicted molar refractivity (Wildman–Crippen MR) is 161 cm³/mol. The normalized spacial score (nSPS) is 20.7. The Hall–Kier alpha value is -3.99. The van der Waals surface area contributed by atoms with E-state index < -0.39 is 22.0 Å². The average Bonchev–Trinajstić information content (AvgIpc) is 3.71. The van der Waals surface area contributed by atoms with E-state index in [1.807, 2.05) is 36.9 Å². The van der Waals surface area contributed by atoms with Gasteiger partial charge in [0.15, 0.2) is 0 Å². The number of aromatic nitrogens is 2. The Morgan fingerprint density at radius 2 is 1.79 bits per heavy atom. The number of rotatable bonds is 5. The quantitative estimate of drug-likeness (QED) is 0.392. The lowest BCUT2D eigenvalue weighted by molar-refractivity contribution is 0.00895. The fourth-order valence-electron chi connectivity index (χ4n) is 6.61. The van der Waals surface area contributed by atoms with Gasteiger partial charge >= 0.3 is 5.97 Å². The second-order valence-electron chi connectivity index (χ2n) is 12.7. The first-order valence-corrected chi connectivity index (χ1v) is 16.2. The average molecular weight is 605 g/mol. The number of carboxylic acid groups (broad SMARTS) is 1. The summed E-state index contributed by atoms with van der Waals surface area (Å²) < 4.78 is 35.8. The fourth-order valence-corrected chi connectivity index (χ4v) is 7.60. The SMILES string of the molecule is Cc1cccc(C)c1-c1nc2nc(c1C(=O)O)OC[C@@H](CC(C)C)N(C1CC3(CC3)C1)C(=O)c1cccc(c1)S(=O)(=O)N2. The minimum Gasteiger partial charge on any atom is -0.477 e. The third kappa shape index (κ3) is 5.46. The maximum Gasteiger partial charge on any atom is 0.343 e. The van der Waals surface area contributed by atoms with E-state index in [0.717, 1.165) is 36.8 Å². The van der Waals surface area contributed by atoms with Crippen LogP contribution < -0.4 is 9.46 Å². The molecule has 1 amide bonds. The summed E-state index contributed by atoms with van der Waals surface area (Å²) in [5.41, 5.74) is 2.44. The number of fused-ring (bicyclic) bond motifs is 4. The van der Waals surface area contributed by atoms with Crippen LogP contribution in [-0.4, -0.2) is 59.0 Å². The van der Waals surface area contributed by atoms with Crippen molar-refractivity contribution in [2.24, 2.45) is 11.3 Å². The van der Waals surface area contributed by atoms with Crippen molar-refractivity contribution in [1.29, 1.82) is 0 Å². The smallest absolute Gasteiger partial charge is 0.343 e. The molecule has 0 saturated heterocycles. The van der Waals surface area contributed by atoms with Gasteiger partial charge in [0.05, 0.1) is 16.6 Å². The second-order valence-corrected chi connectivity index (χ2v) is 14.3. The van der Waals surface area contributed by atoms with Gasteiger partial charge in [0, 0.05) is 17.2 Å². The van der Waals surface area contributed by atoms with E-state index in [1.165, 1.54) is 12.1 Å². The van der Waals surface area contributed by atoms with Gasteiger partial charge in [0.1, 0.15) is 12.2 Å². The fraction of sp³-hybridized carbons (Fsp3) is 0.438. The molecular weight excluding hydrogens is 568 g/mol. The topological polar surface area (TPSA) is 139 Å². The van der Waals surface area contributed by atoms with Crippen LogP contribution >= 0.6 is 0 Å². The zero-order chi connectivity index (χ0) is 30.7. The van der Waals surface area contributed by atoms with Gasteiger partial charge in [-0.05, 0) is 86.6 Å². The van der Waals surface area contributed by atoms with Crippen LogP contribution in [0.2, 0.25) is 0 Å². The van der Waals surface area contributed by atoms with Crippen molar-refractivity contribution in [3.63, 3.8) is 0 Å². The summed E-state index contributed by atoms with van der Waals surface area (Å²) in [6, 6.07) is 11.1. The molecule has 2 aliphatic carbocycles. The molecular formula is C32H36N4O6S. The number of nitrogens with one attached hydrogen (secondary N) is 1. The Labute approximate surface area is 251 Å². The highest BCUT2D eigenvalue weighted by Crippen LogP contribution is 2.62. The number of aromatic carboxylic acids is 1. The van der Waals surface area contributed by atoms with Crippen LogP contribution in [0.5, 0.6) is 5.88 Å². The third-order valence-corrected chi connectivity index (χ3v) is 10.2. The van der Waals surface area contributed by atoms with E-state index in [9.17, 15) is 23.1 Å². The number of carbonyl (C=O) groups is 2. The molecule has 0 unspecified atom stereocenters. The molecule has 43 heavy (non-hydrogen) atoms. The number of sulfonamides is 1. The summed E-state index contributed by atoms with van der Waals surface area (Å²) >= 11 is 0. The van der Waals surface area contributed by atoms with E-state index in [2.05, 4.69) is 28.5 Å². The summed E-state index contributed by atoms with van der Waals surface area (Å²) in [6.45, 7) is 7.79. The van der Waals surface area contributed by atoms with E-state index in [1.54, 1.807) is 12.1 Å². The van der Waals surface area contributed by atoms with E-state index >= 15 is 0 Å². The van der Waals surface area contributed by atoms with Gasteiger partial charge in [-0.3, -0.25) is 4.79 Å². The molecule has 0 radical (unpaired) electrons. The lowest BCUT2D eigenvalue weighted by Gasteiger charge is -2.47. The molecule has 2 aromatic carbocycles. The number of amides is 1. The second kappa shape index (κ2) is 10.6. The Bertz CT molecular complexity index is 1710. The van der Waals surface area contributed by atoms with Gasteiger partial charge in [-0.25, -0.2) is 22.9 Å². The zero-order valence-electron chi connectivity index (χ0n) is 24.8. The molecule has 6 rings (SSSR count). The van der Waals surface area contributed by atoms with Crippen molar-refractivity contribution in [1.82, 2.24) is 14.9 Å². The monoisotopic (exact) mass is 604 g/mol. The molecule has 3 aromatic rings. The first-order chi connectivity index (χ1) is 20.4. The summed E-state index contributed by atoms with van der Waals surface area (Å²) in [7, 11) is -4.25. The Balaban J connectivity index is 1.55. The zero-order valence-corrected chi connectivity index (χ0v) is 25.6. The molecule has 2 fully saturated rings. The van der Waals surface area contributed by atoms with E-state index in [0.29, 0.717) is 17.4 Å². The van der Waals surface area contributed by atoms with Crippen LogP contribution in [0.4, 0.5) is 5.95 Å². The van der Waals surface area contributed by atoms with Gasteiger partial charge in [-0.1, -0.05) is 38.1 Å². The molecule has 11 heteroatoms. The van der Waals surface area contributed by atoms with Crippen molar-refractivity contribution in [2.45, 2.75) is 76.8 Å². The molecule has 2 N–H and O–H groups in total. The van der Waals surface area contributed by atoms with Gasteiger partial charge in [-0.15, -0.1) is 0 Å². The minimum atomic E-state index is -4.25. The number of nitrogens with zero attached hydrogens (tertiary/aromatic N) is 3. The largest absolute Gasteiger partial charge is 0.477 e. The third-order valence-electron chi connectivity index (χ3n) is 8.90. The lowest BCUT2D eigenvalue weighted by Crippen LogP contribution is -2.55. The van der Waals surface area contributed by atoms with Gasteiger partial charge in [0.25, 0.3) is 15.9 Å². The molecule has 3 aliphatic rings. The number of anilines is 1. The van der Waals surface area contributed by atoms with Crippen LogP contribution in [0.25, 0.3) is 11.3 Å². The highest BCUT2D eigenvalue weighted by atomic mass is 32.2. The van der Waals surface area contributed by atoms with Gasteiger partial charge < -0.3 is 14.7 Å².